The highest BCUT2D eigenvalue weighted by Crippen LogP contribution is 2.29. The van der Waals surface area contributed by atoms with Gasteiger partial charge in [0.2, 0.25) is 0 Å². The lowest BCUT2D eigenvalue weighted by Gasteiger charge is -2.40. The summed E-state index contributed by atoms with van der Waals surface area (Å²) in [5, 5.41) is 0. The summed E-state index contributed by atoms with van der Waals surface area (Å²) in [5.41, 5.74) is 0. The lowest BCUT2D eigenvalue weighted by Crippen LogP contribution is -2.45. The molecule has 2 atom stereocenters. The van der Waals surface area contributed by atoms with Crippen molar-refractivity contribution in [3.8, 4) is 0 Å². The Hall–Kier alpha value is -0.160. The van der Waals surface area contributed by atoms with E-state index in [1.807, 2.05) is 27.7 Å². The van der Waals surface area contributed by atoms with E-state index in [0.717, 1.165) is 32.5 Å². The van der Waals surface area contributed by atoms with E-state index < -0.39 is 11.6 Å². The third-order valence-corrected chi connectivity index (χ3v) is 3.21. The Morgan fingerprint density at radius 2 is 1.24 bits per heavy atom. The lowest BCUT2D eigenvalue weighted by molar-refractivity contribution is -0.300. The van der Waals surface area contributed by atoms with Crippen LogP contribution in [-0.2, 0) is 18.9 Å². The first kappa shape index (κ1) is 13.3. The molecule has 4 heteroatoms. The van der Waals surface area contributed by atoms with E-state index in [9.17, 15) is 0 Å². The van der Waals surface area contributed by atoms with Gasteiger partial charge in [0.05, 0.1) is 25.4 Å². The minimum Gasteiger partial charge on any atom is -0.350 e. The molecule has 0 saturated carbocycles. The number of hydrogen-bond donors (Lipinski definition) is 0. The Labute approximate surface area is 104 Å². The van der Waals surface area contributed by atoms with Crippen molar-refractivity contribution in [3.05, 3.63) is 0 Å². The fraction of sp³-hybridized carbons (Fsp3) is 1.00. The number of rotatable bonds is 2. The Morgan fingerprint density at radius 1 is 0.824 bits per heavy atom. The highest BCUT2D eigenvalue weighted by atomic mass is 16.7. The molecule has 0 N–H and O–H groups in total. The predicted molar refractivity (Wildman–Crippen MR) is 63.7 cm³/mol. The molecule has 0 aromatic rings. The van der Waals surface area contributed by atoms with Crippen molar-refractivity contribution in [1.82, 2.24) is 0 Å². The van der Waals surface area contributed by atoms with Gasteiger partial charge in [-0.25, -0.2) is 0 Å². The summed E-state index contributed by atoms with van der Waals surface area (Å²) in [5.74, 6) is -0.910. The zero-order valence-corrected chi connectivity index (χ0v) is 11.3. The van der Waals surface area contributed by atoms with Crippen molar-refractivity contribution in [2.24, 2.45) is 0 Å². The molecular formula is C13H24O4. The monoisotopic (exact) mass is 244 g/mol. The summed E-state index contributed by atoms with van der Waals surface area (Å²) in [6, 6.07) is 0. The maximum absolute atomic E-state index is 5.90. The first-order chi connectivity index (χ1) is 7.86. The van der Waals surface area contributed by atoms with Crippen LogP contribution in [0.5, 0.6) is 0 Å². The summed E-state index contributed by atoms with van der Waals surface area (Å²) in [6.07, 6.45) is 3.30. The van der Waals surface area contributed by atoms with Gasteiger partial charge in [0.25, 0.3) is 0 Å². The molecule has 0 aromatic carbocycles. The average molecular weight is 244 g/mol. The molecule has 2 aliphatic heterocycles. The minimum absolute atomic E-state index is 0.234. The van der Waals surface area contributed by atoms with Gasteiger partial charge in [-0.1, -0.05) is 0 Å². The summed E-state index contributed by atoms with van der Waals surface area (Å²) in [6.45, 7) is 9.40. The molecule has 2 rings (SSSR count). The average Bonchev–Trinajstić information content (AvgIpc) is 2.13. The van der Waals surface area contributed by atoms with Crippen LogP contribution in [0.25, 0.3) is 0 Å². The van der Waals surface area contributed by atoms with Crippen LogP contribution in [-0.4, -0.2) is 37.0 Å². The van der Waals surface area contributed by atoms with Crippen molar-refractivity contribution >= 4 is 0 Å². The molecule has 0 amide bonds. The van der Waals surface area contributed by atoms with Crippen molar-refractivity contribution in [2.75, 3.05) is 13.2 Å². The highest BCUT2D eigenvalue weighted by Gasteiger charge is 2.35. The number of ether oxygens (including phenoxy) is 4. The SMILES string of the molecule is CC1(C)OCCC(CC2CCOC(C)(C)O2)O1. The topological polar surface area (TPSA) is 36.9 Å². The lowest BCUT2D eigenvalue weighted by atomic mass is 10.0. The first-order valence-corrected chi connectivity index (χ1v) is 6.50. The fourth-order valence-corrected chi connectivity index (χ4v) is 2.49. The summed E-state index contributed by atoms with van der Waals surface area (Å²) in [7, 11) is 0. The van der Waals surface area contributed by atoms with Gasteiger partial charge in [0, 0.05) is 6.42 Å². The summed E-state index contributed by atoms with van der Waals surface area (Å²) < 4.78 is 22.9. The molecule has 2 heterocycles. The van der Waals surface area contributed by atoms with Gasteiger partial charge in [-0.15, -0.1) is 0 Å². The van der Waals surface area contributed by atoms with Crippen LogP contribution in [0.3, 0.4) is 0 Å². The maximum atomic E-state index is 5.90. The molecule has 0 aromatic heterocycles. The van der Waals surface area contributed by atoms with Crippen LogP contribution in [0, 0.1) is 0 Å². The van der Waals surface area contributed by atoms with Crippen molar-refractivity contribution in [3.63, 3.8) is 0 Å². The van der Waals surface area contributed by atoms with E-state index in [-0.39, 0.29) is 12.2 Å². The Balaban J connectivity index is 1.84. The fourth-order valence-electron chi connectivity index (χ4n) is 2.49. The van der Waals surface area contributed by atoms with Crippen LogP contribution in [0.1, 0.15) is 47.0 Å². The second-order valence-corrected chi connectivity index (χ2v) is 5.79. The minimum atomic E-state index is -0.455. The van der Waals surface area contributed by atoms with Crippen LogP contribution < -0.4 is 0 Å². The molecule has 2 aliphatic rings. The van der Waals surface area contributed by atoms with Crippen LogP contribution in [0.2, 0.25) is 0 Å². The third kappa shape index (κ3) is 3.91. The summed E-state index contributed by atoms with van der Waals surface area (Å²) >= 11 is 0. The zero-order chi connectivity index (χ0) is 12.5. The molecule has 0 bridgehead atoms. The van der Waals surface area contributed by atoms with E-state index in [4.69, 9.17) is 18.9 Å². The standard InChI is InChI=1S/C13H24O4/c1-12(2)14-7-5-10(16-12)9-11-6-8-15-13(3,4)17-11/h10-11H,5-9H2,1-4H3. The molecule has 100 valence electrons. The van der Waals surface area contributed by atoms with Crippen molar-refractivity contribution < 1.29 is 18.9 Å². The van der Waals surface area contributed by atoms with Gasteiger partial charge in [-0.3, -0.25) is 0 Å². The Kier molecular flexibility index (Phi) is 3.78. The molecule has 2 saturated heterocycles. The maximum Gasteiger partial charge on any atom is 0.163 e. The molecule has 0 aliphatic carbocycles. The molecule has 2 fully saturated rings. The Morgan fingerprint density at radius 3 is 1.59 bits per heavy atom. The van der Waals surface area contributed by atoms with Gasteiger partial charge in [-0.05, 0) is 40.5 Å². The molecule has 0 radical (unpaired) electrons. The van der Waals surface area contributed by atoms with Gasteiger partial charge >= 0.3 is 0 Å². The molecule has 2 unspecified atom stereocenters. The normalized spacial score (nSPS) is 36.7. The van der Waals surface area contributed by atoms with E-state index in [1.165, 1.54) is 0 Å². The Bertz CT molecular complexity index is 236. The van der Waals surface area contributed by atoms with E-state index >= 15 is 0 Å². The number of hydrogen-bond acceptors (Lipinski definition) is 4. The van der Waals surface area contributed by atoms with Crippen LogP contribution >= 0.6 is 0 Å². The largest absolute Gasteiger partial charge is 0.350 e. The molecular weight excluding hydrogens is 220 g/mol. The second kappa shape index (κ2) is 4.84. The predicted octanol–water partition coefficient (Wildman–Crippen LogP) is 2.46. The quantitative estimate of drug-likeness (QED) is 0.747. The molecule has 4 nitrogen and oxygen atoms in total. The second-order valence-electron chi connectivity index (χ2n) is 5.79. The first-order valence-electron chi connectivity index (χ1n) is 6.50. The van der Waals surface area contributed by atoms with E-state index in [2.05, 4.69) is 0 Å². The highest BCUT2D eigenvalue weighted by molar-refractivity contribution is 4.76. The zero-order valence-electron chi connectivity index (χ0n) is 11.3. The van der Waals surface area contributed by atoms with Crippen LogP contribution in [0.15, 0.2) is 0 Å². The van der Waals surface area contributed by atoms with Gasteiger partial charge < -0.3 is 18.9 Å². The van der Waals surface area contributed by atoms with Gasteiger partial charge in [0.1, 0.15) is 0 Å². The van der Waals surface area contributed by atoms with Crippen LogP contribution in [0.4, 0.5) is 0 Å². The molecule has 17 heavy (non-hydrogen) atoms. The van der Waals surface area contributed by atoms with E-state index in [0.29, 0.717) is 0 Å². The third-order valence-electron chi connectivity index (χ3n) is 3.21. The molecule has 0 spiro atoms. The van der Waals surface area contributed by atoms with Crippen molar-refractivity contribution in [2.45, 2.75) is 70.7 Å². The smallest absolute Gasteiger partial charge is 0.163 e. The van der Waals surface area contributed by atoms with E-state index in [1.54, 1.807) is 0 Å². The summed E-state index contributed by atoms with van der Waals surface area (Å²) in [4.78, 5) is 0. The van der Waals surface area contributed by atoms with Gasteiger partial charge in [0.15, 0.2) is 11.6 Å². The van der Waals surface area contributed by atoms with Crippen molar-refractivity contribution in [1.29, 1.82) is 0 Å². The van der Waals surface area contributed by atoms with Gasteiger partial charge in [-0.2, -0.15) is 0 Å².